The van der Waals surface area contributed by atoms with Crippen LogP contribution < -0.4 is 0 Å². The minimum Gasteiger partial charge on any atom is -0.399 e. The number of alkyl halides is 1. The van der Waals surface area contributed by atoms with Crippen molar-refractivity contribution in [2.24, 2.45) is 28.8 Å². The summed E-state index contributed by atoms with van der Waals surface area (Å²) in [5.74, 6) is 1.72. The first-order valence-corrected chi connectivity index (χ1v) is 5.54. The summed E-state index contributed by atoms with van der Waals surface area (Å²) < 4.78 is 13.7. The van der Waals surface area contributed by atoms with Crippen LogP contribution in [0.25, 0.3) is 0 Å². The maximum atomic E-state index is 13.7. The summed E-state index contributed by atoms with van der Waals surface area (Å²) in [4.78, 5) is 4.89. The standard InChI is InChI=1S/C11H16FNO/c1-14-13-11-8-2-6-3-9(11)5-7(4-8)10(6)12/h6-10H,2-5H2,1H3. The van der Waals surface area contributed by atoms with E-state index in [-0.39, 0.29) is 0 Å². The number of rotatable bonds is 1. The van der Waals surface area contributed by atoms with Crippen molar-refractivity contribution in [3.8, 4) is 0 Å². The molecule has 0 aromatic heterocycles. The highest BCUT2D eigenvalue weighted by Crippen LogP contribution is 2.53. The first-order chi connectivity index (χ1) is 6.79. The molecule has 2 nitrogen and oxygen atoms in total. The van der Waals surface area contributed by atoms with Crippen LogP contribution in [0.3, 0.4) is 0 Å². The SMILES string of the molecule is CON=C1C2CC3CC1CC(C2)C3F. The van der Waals surface area contributed by atoms with E-state index in [4.69, 9.17) is 4.84 Å². The molecule has 4 saturated carbocycles. The molecule has 0 atom stereocenters. The third-order valence-electron chi connectivity index (χ3n) is 4.28. The molecule has 0 heterocycles. The maximum Gasteiger partial charge on any atom is 0.106 e. The monoisotopic (exact) mass is 197 g/mol. The van der Waals surface area contributed by atoms with Gasteiger partial charge < -0.3 is 4.84 Å². The van der Waals surface area contributed by atoms with Gasteiger partial charge >= 0.3 is 0 Å². The van der Waals surface area contributed by atoms with Gasteiger partial charge in [0.05, 0.1) is 5.71 Å². The Morgan fingerprint density at radius 3 is 2.07 bits per heavy atom. The fraction of sp³-hybridized carbons (Fsp3) is 0.909. The Kier molecular flexibility index (Phi) is 1.83. The molecule has 0 saturated heterocycles. The van der Waals surface area contributed by atoms with E-state index < -0.39 is 6.17 Å². The summed E-state index contributed by atoms with van der Waals surface area (Å²) in [6.45, 7) is 0. The molecule has 4 fully saturated rings. The van der Waals surface area contributed by atoms with E-state index in [1.807, 2.05) is 0 Å². The molecule has 78 valence electrons. The van der Waals surface area contributed by atoms with Crippen molar-refractivity contribution in [2.75, 3.05) is 7.11 Å². The molecular formula is C11H16FNO. The van der Waals surface area contributed by atoms with Crippen molar-refractivity contribution in [2.45, 2.75) is 31.9 Å². The molecule has 4 aliphatic rings. The van der Waals surface area contributed by atoms with E-state index in [1.165, 1.54) is 5.71 Å². The fourth-order valence-electron chi connectivity index (χ4n) is 3.82. The Morgan fingerprint density at radius 1 is 1.14 bits per heavy atom. The third-order valence-corrected chi connectivity index (χ3v) is 4.28. The predicted molar refractivity (Wildman–Crippen MR) is 51.8 cm³/mol. The lowest BCUT2D eigenvalue weighted by atomic mass is 9.54. The Bertz CT molecular complexity index is 244. The minimum absolute atomic E-state index is 0.327. The minimum atomic E-state index is -0.522. The van der Waals surface area contributed by atoms with Gasteiger partial charge in [-0.1, -0.05) is 5.16 Å². The summed E-state index contributed by atoms with van der Waals surface area (Å²) in [6, 6.07) is 0. The molecule has 0 aliphatic heterocycles. The zero-order chi connectivity index (χ0) is 9.71. The second-order valence-electron chi connectivity index (χ2n) is 5.00. The van der Waals surface area contributed by atoms with Crippen LogP contribution in [-0.2, 0) is 4.84 Å². The third kappa shape index (κ3) is 1.04. The highest BCUT2D eigenvalue weighted by Gasteiger charge is 2.52. The second-order valence-corrected chi connectivity index (χ2v) is 5.00. The quantitative estimate of drug-likeness (QED) is 0.591. The highest BCUT2D eigenvalue weighted by molar-refractivity contribution is 5.90. The van der Waals surface area contributed by atoms with Gasteiger partial charge in [0.15, 0.2) is 0 Å². The number of nitrogens with zero attached hydrogens (tertiary/aromatic N) is 1. The van der Waals surface area contributed by atoms with Crippen LogP contribution in [0.4, 0.5) is 4.39 Å². The molecule has 0 aromatic rings. The average Bonchev–Trinajstić information content (AvgIpc) is 2.15. The van der Waals surface area contributed by atoms with Gasteiger partial charge in [-0.25, -0.2) is 4.39 Å². The van der Waals surface area contributed by atoms with Crippen molar-refractivity contribution in [3.63, 3.8) is 0 Å². The molecule has 0 amide bonds. The van der Waals surface area contributed by atoms with Gasteiger partial charge in [-0.2, -0.15) is 0 Å². The summed E-state index contributed by atoms with van der Waals surface area (Å²) in [5.41, 5.74) is 1.23. The van der Waals surface area contributed by atoms with Crippen molar-refractivity contribution in [3.05, 3.63) is 0 Å². The number of oxime groups is 1. The van der Waals surface area contributed by atoms with E-state index in [2.05, 4.69) is 5.16 Å². The molecule has 0 N–H and O–H groups in total. The van der Waals surface area contributed by atoms with Gasteiger partial charge in [0.25, 0.3) is 0 Å². The van der Waals surface area contributed by atoms with Crippen LogP contribution in [0.2, 0.25) is 0 Å². The van der Waals surface area contributed by atoms with E-state index in [0.29, 0.717) is 23.7 Å². The molecule has 0 radical (unpaired) electrons. The lowest BCUT2D eigenvalue weighted by Crippen LogP contribution is -2.51. The molecule has 0 aromatic carbocycles. The fourth-order valence-corrected chi connectivity index (χ4v) is 3.82. The lowest BCUT2D eigenvalue weighted by Gasteiger charge is -2.51. The smallest absolute Gasteiger partial charge is 0.106 e. The topological polar surface area (TPSA) is 21.6 Å². The Hall–Kier alpha value is -0.600. The van der Waals surface area contributed by atoms with Crippen LogP contribution in [-0.4, -0.2) is 19.0 Å². The second kappa shape index (κ2) is 2.94. The molecule has 4 aliphatic carbocycles. The van der Waals surface area contributed by atoms with Crippen LogP contribution >= 0.6 is 0 Å². The summed E-state index contributed by atoms with van der Waals surface area (Å²) in [7, 11) is 1.61. The van der Waals surface area contributed by atoms with Crippen molar-refractivity contribution in [1.82, 2.24) is 0 Å². The van der Waals surface area contributed by atoms with Crippen LogP contribution in [0.15, 0.2) is 5.16 Å². The van der Waals surface area contributed by atoms with Crippen LogP contribution in [0.1, 0.15) is 25.7 Å². The van der Waals surface area contributed by atoms with Crippen LogP contribution in [0.5, 0.6) is 0 Å². The Balaban J connectivity index is 1.89. The largest absolute Gasteiger partial charge is 0.399 e. The van der Waals surface area contributed by atoms with Gasteiger partial charge in [-0.15, -0.1) is 0 Å². The van der Waals surface area contributed by atoms with Gasteiger partial charge in [-0.05, 0) is 37.5 Å². The molecule has 3 heteroatoms. The average molecular weight is 197 g/mol. The first kappa shape index (κ1) is 8.69. The van der Waals surface area contributed by atoms with E-state index in [0.717, 1.165) is 25.7 Å². The Morgan fingerprint density at radius 2 is 1.64 bits per heavy atom. The Labute approximate surface area is 83.5 Å². The summed E-state index contributed by atoms with van der Waals surface area (Å²) in [6.07, 6.45) is 3.52. The first-order valence-electron chi connectivity index (χ1n) is 5.54. The number of hydrogen-bond acceptors (Lipinski definition) is 2. The van der Waals surface area contributed by atoms with Crippen molar-refractivity contribution >= 4 is 5.71 Å². The number of hydrogen-bond donors (Lipinski definition) is 0. The van der Waals surface area contributed by atoms with Gasteiger partial charge in [0.1, 0.15) is 13.3 Å². The van der Waals surface area contributed by atoms with E-state index in [9.17, 15) is 4.39 Å². The molecule has 4 bridgehead atoms. The predicted octanol–water partition coefficient (Wildman–Crippen LogP) is 2.39. The van der Waals surface area contributed by atoms with Crippen molar-refractivity contribution in [1.29, 1.82) is 0 Å². The molecule has 0 unspecified atom stereocenters. The molecular weight excluding hydrogens is 181 g/mol. The van der Waals surface area contributed by atoms with E-state index >= 15 is 0 Å². The highest BCUT2D eigenvalue weighted by atomic mass is 19.1. The summed E-state index contributed by atoms with van der Waals surface area (Å²) >= 11 is 0. The molecule has 14 heavy (non-hydrogen) atoms. The normalized spacial score (nSPS) is 49.6. The molecule has 4 rings (SSSR count). The summed E-state index contributed by atoms with van der Waals surface area (Å²) in [5, 5.41) is 4.14. The van der Waals surface area contributed by atoms with Gasteiger partial charge in [0.2, 0.25) is 0 Å². The van der Waals surface area contributed by atoms with E-state index in [1.54, 1.807) is 7.11 Å². The van der Waals surface area contributed by atoms with Crippen molar-refractivity contribution < 1.29 is 9.23 Å². The van der Waals surface area contributed by atoms with Crippen LogP contribution in [0, 0.1) is 23.7 Å². The maximum absolute atomic E-state index is 13.7. The lowest BCUT2D eigenvalue weighted by molar-refractivity contribution is 0.00266. The van der Waals surface area contributed by atoms with Gasteiger partial charge in [0, 0.05) is 11.8 Å². The van der Waals surface area contributed by atoms with Gasteiger partial charge in [-0.3, -0.25) is 0 Å². The zero-order valence-corrected chi connectivity index (χ0v) is 8.45. The zero-order valence-electron chi connectivity index (χ0n) is 8.45. The number of halogens is 1. The molecule has 0 spiro atoms.